The fraction of sp³-hybridized carbons (Fsp3) is 0.600. The molecule has 0 saturated carbocycles. The number of hydrogen-bond acceptors (Lipinski definition) is 1. The van der Waals surface area contributed by atoms with Gasteiger partial charge in [-0.15, -0.1) is 0 Å². The summed E-state index contributed by atoms with van der Waals surface area (Å²) >= 11 is 0. The SMILES string of the molecule is C.C=C(C)/C=C\OC(C)(C)C. The molecule has 0 spiro atoms. The van der Waals surface area contributed by atoms with Gasteiger partial charge in [-0.25, -0.2) is 0 Å². The molecule has 0 rings (SSSR count). The summed E-state index contributed by atoms with van der Waals surface area (Å²) in [6, 6.07) is 0. The first-order chi connectivity index (χ1) is 4.42. The first-order valence-electron chi connectivity index (χ1n) is 3.42. The molecule has 0 atom stereocenters. The van der Waals surface area contributed by atoms with Gasteiger partial charge < -0.3 is 4.74 Å². The zero-order chi connectivity index (χ0) is 8.20. The number of allylic oxidation sites excluding steroid dienone is 2. The first kappa shape index (κ1) is 12.9. The Morgan fingerprint density at radius 1 is 1.36 bits per heavy atom. The Bertz CT molecular complexity index is 137. The summed E-state index contributed by atoms with van der Waals surface area (Å²) in [6.07, 6.45) is 3.54. The Morgan fingerprint density at radius 3 is 2.09 bits per heavy atom. The molecule has 0 unspecified atom stereocenters. The van der Waals surface area contributed by atoms with Crippen molar-refractivity contribution in [2.75, 3.05) is 0 Å². The maximum absolute atomic E-state index is 5.30. The van der Waals surface area contributed by atoms with E-state index in [0.717, 1.165) is 5.57 Å². The number of rotatable bonds is 2. The zero-order valence-electron chi connectivity index (χ0n) is 7.27. The summed E-state index contributed by atoms with van der Waals surface area (Å²) in [5, 5.41) is 0. The summed E-state index contributed by atoms with van der Waals surface area (Å²) in [5.74, 6) is 0. The minimum Gasteiger partial charge on any atom is -0.496 e. The molecule has 0 bridgehead atoms. The van der Waals surface area contributed by atoms with E-state index < -0.39 is 0 Å². The lowest BCUT2D eigenvalue weighted by molar-refractivity contribution is 0.0766. The van der Waals surface area contributed by atoms with Gasteiger partial charge in [0.2, 0.25) is 0 Å². The Morgan fingerprint density at radius 2 is 1.82 bits per heavy atom. The third-order valence-electron chi connectivity index (χ3n) is 0.774. The highest BCUT2D eigenvalue weighted by Gasteiger charge is 2.06. The fourth-order valence-electron chi connectivity index (χ4n) is 0.354. The molecule has 0 heterocycles. The van der Waals surface area contributed by atoms with E-state index in [4.69, 9.17) is 4.74 Å². The predicted octanol–water partition coefficient (Wildman–Crippen LogP) is 3.53. The molecular weight excluding hydrogens is 136 g/mol. The molecular formula is C10H20O. The molecule has 0 fully saturated rings. The van der Waals surface area contributed by atoms with Crippen LogP contribution in [0.2, 0.25) is 0 Å². The quantitative estimate of drug-likeness (QED) is 0.439. The molecule has 1 nitrogen and oxygen atoms in total. The Labute approximate surface area is 70.8 Å². The van der Waals surface area contributed by atoms with Crippen molar-refractivity contribution in [3.8, 4) is 0 Å². The second-order valence-corrected chi connectivity index (χ2v) is 3.38. The van der Waals surface area contributed by atoms with Crippen molar-refractivity contribution >= 4 is 0 Å². The molecule has 11 heavy (non-hydrogen) atoms. The summed E-state index contributed by atoms with van der Waals surface area (Å²) in [5.41, 5.74) is 0.913. The molecule has 0 aromatic carbocycles. The van der Waals surface area contributed by atoms with E-state index in [1.165, 1.54) is 0 Å². The molecule has 0 radical (unpaired) electrons. The monoisotopic (exact) mass is 156 g/mol. The molecule has 0 aromatic heterocycles. The second kappa shape index (κ2) is 5.00. The highest BCUT2D eigenvalue weighted by molar-refractivity contribution is 5.08. The molecule has 0 aliphatic heterocycles. The molecule has 1 heteroatoms. The third-order valence-corrected chi connectivity index (χ3v) is 0.774. The van der Waals surface area contributed by atoms with Crippen LogP contribution >= 0.6 is 0 Å². The Kier molecular flexibility index (Phi) is 5.87. The molecule has 66 valence electrons. The summed E-state index contributed by atoms with van der Waals surface area (Å²) < 4.78 is 5.30. The maximum atomic E-state index is 5.30. The molecule has 0 aromatic rings. The van der Waals surface area contributed by atoms with Crippen molar-refractivity contribution in [1.82, 2.24) is 0 Å². The van der Waals surface area contributed by atoms with Crippen LogP contribution in [-0.2, 0) is 4.74 Å². The van der Waals surface area contributed by atoms with Crippen LogP contribution in [-0.4, -0.2) is 5.60 Å². The van der Waals surface area contributed by atoms with Gasteiger partial charge in [0, 0.05) is 0 Å². The molecule has 0 N–H and O–H groups in total. The Balaban J connectivity index is 0. The van der Waals surface area contributed by atoms with E-state index in [-0.39, 0.29) is 13.0 Å². The van der Waals surface area contributed by atoms with E-state index in [2.05, 4.69) is 6.58 Å². The van der Waals surface area contributed by atoms with Crippen LogP contribution in [0.25, 0.3) is 0 Å². The molecule has 0 aliphatic rings. The van der Waals surface area contributed by atoms with E-state index in [9.17, 15) is 0 Å². The van der Waals surface area contributed by atoms with Crippen molar-refractivity contribution in [2.24, 2.45) is 0 Å². The predicted molar refractivity (Wildman–Crippen MR) is 51.5 cm³/mol. The number of hydrogen-bond donors (Lipinski definition) is 0. The van der Waals surface area contributed by atoms with E-state index >= 15 is 0 Å². The fourth-order valence-corrected chi connectivity index (χ4v) is 0.354. The standard InChI is InChI=1S/C9H16O.CH4/c1-8(2)6-7-10-9(3,4)5;/h6-7H,1H2,2-5H3;1H4/b7-6-;. The average Bonchev–Trinajstić information content (AvgIpc) is 1.59. The summed E-state index contributed by atoms with van der Waals surface area (Å²) in [6.45, 7) is 11.7. The highest BCUT2D eigenvalue weighted by atomic mass is 16.5. The van der Waals surface area contributed by atoms with Gasteiger partial charge in [-0.3, -0.25) is 0 Å². The first-order valence-corrected chi connectivity index (χ1v) is 3.42. The van der Waals surface area contributed by atoms with Gasteiger partial charge in [0.25, 0.3) is 0 Å². The van der Waals surface area contributed by atoms with Crippen molar-refractivity contribution in [2.45, 2.75) is 40.7 Å². The highest BCUT2D eigenvalue weighted by Crippen LogP contribution is 2.07. The van der Waals surface area contributed by atoms with Gasteiger partial charge in [0.15, 0.2) is 0 Å². The van der Waals surface area contributed by atoms with Gasteiger partial charge >= 0.3 is 0 Å². The smallest absolute Gasteiger partial charge is 0.0998 e. The van der Waals surface area contributed by atoms with Gasteiger partial charge in [-0.05, 0) is 33.8 Å². The van der Waals surface area contributed by atoms with Crippen LogP contribution in [0.3, 0.4) is 0 Å². The summed E-state index contributed by atoms with van der Waals surface area (Å²) in [4.78, 5) is 0. The van der Waals surface area contributed by atoms with Crippen LogP contribution < -0.4 is 0 Å². The normalized spacial score (nSPS) is 10.9. The molecule has 0 saturated heterocycles. The van der Waals surface area contributed by atoms with Gasteiger partial charge in [-0.1, -0.05) is 19.6 Å². The van der Waals surface area contributed by atoms with Crippen LogP contribution in [0.5, 0.6) is 0 Å². The van der Waals surface area contributed by atoms with Crippen molar-refractivity contribution < 1.29 is 4.74 Å². The third kappa shape index (κ3) is 12.5. The van der Waals surface area contributed by atoms with Gasteiger partial charge in [0.1, 0.15) is 0 Å². The lowest BCUT2D eigenvalue weighted by atomic mass is 10.2. The average molecular weight is 156 g/mol. The van der Waals surface area contributed by atoms with Crippen LogP contribution in [0.1, 0.15) is 35.1 Å². The maximum Gasteiger partial charge on any atom is 0.0998 e. The minimum atomic E-state index is -0.0913. The molecule has 0 aliphatic carbocycles. The van der Waals surface area contributed by atoms with E-state index in [0.29, 0.717) is 0 Å². The van der Waals surface area contributed by atoms with Crippen molar-refractivity contribution in [3.05, 3.63) is 24.5 Å². The van der Waals surface area contributed by atoms with Gasteiger partial charge in [0.05, 0.1) is 11.9 Å². The molecule has 0 amide bonds. The summed E-state index contributed by atoms with van der Waals surface area (Å²) in [7, 11) is 0. The zero-order valence-corrected chi connectivity index (χ0v) is 7.27. The largest absolute Gasteiger partial charge is 0.496 e. The van der Waals surface area contributed by atoms with Gasteiger partial charge in [-0.2, -0.15) is 0 Å². The van der Waals surface area contributed by atoms with Crippen molar-refractivity contribution in [3.63, 3.8) is 0 Å². The van der Waals surface area contributed by atoms with E-state index in [1.807, 2.05) is 33.8 Å². The minimum absolute atomic E-state index is 0. The lowest BCUT2D eigenvalue weighted by Crippen LogP contribution is -2.15. The Hall–Kier alpha value is -0.720. The van der Waals surface area contributed by atoms with Crippen LogP contribution in [0.4, 0.5) is 0 Å². The van der Waals surface area contributed by atoms with Crippen LogP contribution in [0, 0.1) is 0 Å². The van der Waals surface area contributed by atoms with Crippen LogP contribution in [0.15, 0.2) is 24.5 Å². The van der Waals surface area contributed by atoms with E-state index in [1.54, 1.807) is 6.26 Å². The lowest BCUT2D eigenvalue weighted by Gasteiger charge is -2.17. The second-order valence-electron chi connectivity index (χ2n) is 3.38. The number of ether oxygens (including phenoxy) is 1. The van der Waals surface area contributed by atoms with Crippen molar-refractivity contribution in [1.29, 1.82) is 0 Å². The topological polar surface area (TPSA) is 9.23 Å².